The highest BCUT2D eigenvalue weighted by atomic mass is 16.4. The third-order valence-corrected chi connectivity index (χ3v) is 6.40. The van der Waals surface area contributed by atoms with Crippen molar-refractivity contribution < 1.29 is 34.2 Å². The highest BCUT2D eigenvalue weighted by Crippen LogP contribution is 2.13. The van der Waals surface area contributed by atoms with Gasteiger partial charge in [0, 0.05) is 12.8 Å². The number of hydrogen-bond donors (Lipinski definition) is 8. The molecule has 0 saturated carbocycles. The SMILES string of the molecule is CCC(C)C(NC(=O)C(N)CCCCN)C(=O)NC(CCC(N)=O)C(=O)NC(Cc1ccc(O)cc1)C(=O)O. The summed E-state index contributed by atoms with van der Waals surface area (Å²) in [5.41, 5.74) is 17.2. The number of phenols is 1. The number of carboxylic acids is 1. The zero-order valence-electron chi connectivity index (χ0n) is 22.5. The van der Waals surface area contributed by atoms with Gasteiger partial charge in [0.2, 0.25) is 23.6 Å². The van der Waals surface area contributed by atoms with Crippen molar-refractivity contribution in [3.63, 3.8) is 0 Å². The second kappa shape index (κ2) is 17.0. The van der Waals surface area contributed by atoms with E-state index in [0.717, 1.165) is 0 Å². The molecule has 0 heterocycles. The molecule has 13 heteroatoms. The molecule has 0 aromatic heterocycles. The smallest absolute Gasteiger partial charge is 0.326 e. The molecule has 1 aromatic rings. The van der Waals surface area contributed by atoms with Crippen molar-refractivity contribution in [1.29, 1.82) is 0 Å². The maximum absolute atomic E-state index is 13.2. The van der Waals surface area contributed by atoms with Gasteiger partial charge in [-0.2, -0.15) is 0 Å². The number of nitrogens with one attached hydrogen (secondary N) is 3. The number of aromatic hydroxyl groups is 1. The Bertz CT molecular complexity index is 972. The summed E-state index contributed by atoms with van der Waals surface area (Å²) in [6.45, 7) is 4.05. The maximum atomic E-state index is 13.2. The van der Waals surface area contributed by atoms with Gasteiger partial charge in [-0.3, -0.25) is 19.2 Å². The topological polar surface area (TPSA) is 240 Å². The van der Waals surface area contributed by atoms with Crippen LogP contribution < -0.4 is 33.2 Å². The fourth-order valence-corrected chi connectivity index (χ4v) is 3.76. The van der Waals surface area contributed by atoms with Crippen molar-refractivity contribution in [1.82, 2.24) is 16.0 Å². The second-order valence-electron chi connectivity index (χ2n) is 9.60. The van der Waals surface area contributed by atoms with Crippen molar-refractivity contribution in [2.45, 2.75) is 83.0 Å². The van der Waals surface area contributed by atoms with Crippen LogP contribution in [0.25, 0.3) is 0 Å². The fraction of sp³-hybridized carbons (Fsp3) is 0.577. The lowest BCUT2D eigenvalue weighted by Crippen LogP contribution is -2.58. The molecule has 5 unspecified atom stereocenters. The van der Waals surface area contributed by atoms with Crippen molar-refractivity contribution in [2.75, 3.05) is 6.54 Å². The normalized spacial score (nSPS) is 14.8. The number of unbranched alkanes of at least 4 members (excludes halogenated alkanes) is 1. The van der Waals surface area contributed by atoms with Gasteiger partial charge >= 0.3 is 5.97 Å². The average molecular weight is 551 g/mol. The van der Waals surface area contributed by atoms with Crippen LogP contribution >= 0.6 is 0 Å². The van der Waals surface area contributed by atoms with E-state index in [0.29, 0.717) is 37.8 Å². The van der Waals surface area contributed by atoms with Gasteiger partial charge < -0.3 is 43.4 Å². The maximum Gasteiger partial charge on any atom is 0.326 e. The van der Waals surface area contributed by atoms with Gasteiger partial charge in [-0.15, -0.1) is 0 Å². The first-order valence-corrected chi connectivity index (χ1v) is 13.0. The Balaban J connectivity index is 3.03. The van der Waals surface area contributed by atoms with Crippen molar-refractivity contribution in [2.24, 2.45) is 23.1 Å². The lowest BCUT2D eigenvalue weighted by molar-refractivity contribution is -0.142. The molecule has 1 rings (SSSR count). The van der Waals surface area contributed by atoms with Gasteiger partial charge in [0.1, 0.15) is 23.9 Å². The quantitative estimate of drug-likeness (QED) is 0.107. The molecule has 1 aromatic carbocycles. The number of phenolic OH excluding ortho intramolecular Hbond substituents is 1. The van der Waals surface area contributed by atoms with E-state index in [1.54, 1.807) is 6.92 Å². The van der Waals surface area contributed by atoms with E-state index in [2.05, 4.69) is 16.0 Å². The number of benzene rings is 1. The van der Waals surface area contributed by atoms with Crippen molar-refractivity contribution in [3.05, 3.63) is 29.8 Å². The van der Waals surface area contributed by atoms with E-state index in [1.165, 1.54) is 24.3 Å². The molecule has 0 spiro atoms. The summed E-state index contributed by atoms with van der Waals surface area (Å²) in [4.78, 5) is 62.2. The molecule has 4 amide bonds. The Morgan fingerprint density at radius 3 is 2.05 bits per heavy atom. The number of primary amides is 1. The van der Waals surface area contributed by atoms with E-state index in [-0.39, 0.29) is 30.9 Å². The Hall–Kier alpha value is -3.71. The molecule has 218 valence electrons. The Labute approximate surface area is 228 Å². The predicted octanol–water partition coefficient (Wildman–Crippen LogP) is -0.758. The summed E-state index contributed by atoms with van der Waals surface area (Å²) < 4.78 is 0. The molecule has 0 aliphatic rings. The van der Waals surface area contributed by atoms with Crippen molar-refractivity contribution >= 4 is 29.6 Å². The molecular formula is C26H42N6O7. The number of nitrogens with two attached hydrogens (primary N) is 3. The minimum atomic E-state index is -1.35. The fourth-order valence-electron chi connectivity index (χ4n) is 3.76. The molecule has 0 bridgehead atoms. The molecule has 0 saturated heterocycles. The summed E-state index contributed by atoms with van der Waals surface area (Å²) in [7, 11) is 0. The van der Waals surface area contributed by atoms with Crippen LogP contribution in [0.1, 0.15) is 57.9 Å². The summed E-state index contributed by atoms with van der Waals surface area (Å²) in [5.74, 6) is -4.38. The Kier molecular flexibility index (Phi) is 14.5. The predicted molar refractivity (Wildman–Crippen MR) is 144 cm³/mol. The van der Waals surface area contributed by atoms with Crippen LogP contribution in [-0.2, 0) is 30.4 Å². The third-order valence-electron chi connectivity index (χ3n) is 6.40. The summed E-state index contributed by atoms with van der Waals surface area (Å²) in [6.07, 6.45) is 1.74. The van der Waals surface area contributed by atoms with Crippen LogP contribution in [0.3, 0.4) is 0 Å². The second-order valence-corrected chi connectivity index (χ2v) is 9.60. The first-order chi connectivity index (χ1) is 18.4. The Morgan fingerprint density at radius 1 is 0.897 bits per heavy atom. The molecule has 13 nitrogen and oxygen atoms in total. The zero-order valence-corrected chi connectivity index (χ0v) is 22.5. The standard InChI is InChI=1S/C26H42N6O7/c1-3-15(2)22(32-23(35)18(28)6-4-5-13-27)25(37)30-19(11-12-21(29)34)24(36)31-20(26(38)39)14-16-7-9-17(33)10-8-16/h7-10,15,18-20,22,33H,3-6,11-14,27-28H2,1-2H3,(H2,29,34)(H,30,37)(H,31,36)(H,32,35)(H,38,39). The van der Waals surface area contributed by atoms with Crippen LogP contribution in [0.4, 0.5) is 0 Å². The lowest BCUT2D eigenvalue weighted by atomic mass is 9.96. The molecule has 39 heavy (non-hydrogen) atoms. The largest absolute Gasteiger partial charge is 0.508 e. The van der Waals surface area contributed by atoms with Gasteiger partial charge in [0.25, 0.3) is 0 Å². The van der Waals surface area contributed by atoms with Crippen LogP contribution in [0.15, 0.2) is 24.3 Å². The van der Waals surface area contributed by atoms with Gasteiger partial charge in [-0.25, -0.2) is 4.79 Å². The number of hydrogen-bond acceptors (Lipinski definition) is 8. The van der Waals surface area contributed by atoms with Crippen LogP contribution in [-0.4, -0.2) is 70.5 Å². The molecule has 11 N–H and O–H groups in total. The number of carbonyl (C=O) groups excluding carboxylic acids is 4. The van der Waals surface area contributed by atoms with E-state index in [1.807, 2.05) is 6.92 Å². The molecule has 5 atom stereocenters. The highest BCUT2D eigenvalue weighted by molar-refractivity contribution is 5.94. The van der Waals surface area contributed by atoms with E-state index in [4.69, 9.17) is 17.2 Å². The number of aliphatic carboxylic acids is 1. The molecule has 0 radical (unpaired) electrons. The van der Waals surface area contributed by atoms with Crippen LogP contribution in [0, 0.1) is 5.92 Å². The molecule has 0 fully saturated rings. The van der Waals surface area contributed by atoms with Gasteiger partial charge in [0.15, 0.2) is 0 Å². The Morgan fingerprint density at radius 2 is 1.51 bits per heavy atom. The minimum absolute atomic E-state index is 0.00311. The first-order valence-electron chi connectivity index (χ1n) is 13.0. The lowest BCUT2D eigenvalue weighted by Gasteiger charge is -2.28. The third kappa shape index (κ3) is 12.1. The van der Waals surface area contributed by atoms with Crippen LogP contribution in [0.2, 0.25) is 0 Å². The monoisotopic (exact) mass is 550 g/mol. The van der Waals surface area contributed by atoms with E-state index >= 15 is 0 Å². The van der Waals surface area contributed by atoms with Crippen molar-refractivity contribution in [3.8, 4) is 5.75 Å². The van der Waals surface area contributed by atoms with Gasteiger partial charge in [-0.05, 0) is 49.4 Å². The molecule has 0 aliphatic heterocycles. The van der Waals surface area contributed by atoms with Crippen LogP contribution in [0.5, 0.6) is 5.75 Å². The molecular weight excluding hydrogens is 508 g/mol. The molecule has 0 aliphatic carbocycles. The van der Waals surface area contributed by atoms with E-state index < -0.39 is 53.8 Å². The summed E-state index contributed by atoms with van der Waals surface area (Å²) in [5, 5.41) is 26.7. The van der Waals surface area contributed by atoms with Gasteiger partial charge in [-0.1, -0.05) is 38.8 Å². The average Bonchev–Trinajstić information content (AvgIpc) is 2.89. The minimum Gasteiger partial charge on any atom is -0.508 e. The van der Waals surface area contributed by atoms with Gasteiger partial charge in [0.05, 0.1) is 6.04 Å². The summed E-state index contributed by atoms with van der Waals surface area (Å²) in [6, 6.07) is 1.28. The number of amides is 4. The first kappa shape index (κ1) is 33.3. The number of rotatable bonds is 18. The number of carboxylic acid groups (broad SMARTS) is 1. The zero-order chi connectivity index (χ0) is 29.5. The number of carbonyl (C=O) groups is 5. The highest BCUT2D eigenvalue weighted by Gasteiger charge is 2.32. The summed E-state index contributed by atoms with van der Waals surface area (Å²) >= 11 is 0. The van der Waals surface area contributed by atoms with E-state index in [9.17, 15) is 34.2 Å².